The molecule has 4 nitrogen and oxygen atoms in total. The molecule has 0 saturated carbocycles. The van der Waals surface area contributed by atoms with Crippen molar-refractivity contribution in [3.63, 3.8) is 0 Å². The molecular formula is C37H30N2O2PS+. The van der Waals surface area contributed by atoms with Crippen molar-refractivity contribution in [2.45, 2.75) is 11.9 Å². The number of rotatable bonds is 9. The number of benzene rings is 5. The van der Waals surface area contributed by atoms with Crippen molar-refractivity contribution in [2.75, 3.05) is 5.75 Å². The minimum Gasteiger partial charge on any atom is -0.303 e. The molecule has 0 radical (unpaired) electrons. The Hall–Kier alpha value is -4.57. The van der Waals surface area contributed by atoms with E-state index in [4.69, 9.17) is 4.98 Å². The summed E-state index contributed by atoms with van der Waals surface area (Å²) >= 11 is 1.33. The Bertz CT molecular complexity index is 1800. The summed E-state index contributed by atoms with van der Waals surface area (Å²) in [6.45, 7) is 2.03. The van der Waals surface area contributed by atoms with Crippen LogP contribution in [0.25, 0.3) is 11.4 Å². The predicted octanol–water partition coefficient (Wildman–Crippen LogP) is 6.34. The standard InChI is InChI=1S/C37H29N2O2PS/c1-27-22-24-29(25-23-27)35-38-36(41)34(37(39-35)43-26-33(40)28-14-6-2-7-15-28)42(30-16-8-3-9-17-30,31-18-10-4-11-19-31)32-20-12-5-13-21-32/h2-25H,26H2,1H3/p+1. The van der Waals surface area contributed by atoms with Gasteiger partial charge < -0.3 is 4.98 Å². The molecule has 1 aromatic heterocycles. The molecule has 0 fully saturated rings. The van der Waals surface area contributed by atoms with E-state index in [1.54, 1.807) is 0 Å². The van der Waals surface area contributed by atoms with Gasteiger partial charge in [0.15, 0.2) is 13.0 Å². The van der Waals surface area contributed by atoms with Crippen LogP contribution in [0.2, 0.25) is 0 Å². The van der Waals surface area contributed by atoms with Crippen molar-refractivity contribution in [3.8, 4) is 11.4 Å². The molecule has 0 bridgehead atoms. The average Bonchev–Trinajstić information content (AvgIpc) is 3.07. The minimum absolute atomic E-state index is 0.0152. The number of aromatic amines is 1. The molecule has 1 N–H and O–H groups in total. The summed E-state index contributed by atoms with van der Waals surface area (Å²) in [5, 5.41) is 4.28. The largest absolute Gasteiger partial charge is 0.303 e. The monoisotopic (exact) mass is 597 g/mol. The Labute approximate surface area is 256 Å². The maximum absolute atomic E-state index is 14.6. The van der Waals surface area contributed by atoms with Crippen LogP contribution in [0.15, 0.2) is 155 Å². The number of carbonyl (C=O) groups excluding carboxylic acids is 1. The van der Waals surface area contributed by atoms with Crippen LogP contribution in [0, 0.1) is 6.92 Å². The van der Waals surface area contributed by atoms with E-state index in [1.165, 1.54) is 11.8 Å². The highest BCUT2D eigenvalue weighted by Gasteiger charge is 2.52. The van der Waals surface area contributed by atoms with E-state index in [2.05, 4.69) is 41.4 Å². The van der Waals surface area contributed by atoms with Gasteiger partial charge in [0, 0.05) is 11.1 Å². The van der Waals surface area contributed by atoms with Crippen LogP contribution in [0.4, 0.5) is 0 Å². The Balaban J connectivity index is 1.64. The van der Waals surface area contributed by atoms with Crippen molar-refractivity contribution >= 4 is 46.0 Å². The molecule has 6 heteroatoms. The molecular weight excluding hydrogens is 567 g/mol. The second kappa shape index (κ2) is 12.7. The number of ketones is 1. The van der Waals surface area contributed by atoms with Crippen LogP contribution in [0.3, 0.4) is 0 Å². The number of Topliss-reactive ketones (excluding diaryl/α,β-unsaturated/α-hetero) is 1. The van der Waals surface area contributed by atoms with Gasteiger partial charge in [-0.05, 0) is 43.3 Å². The number of carbonyl (C=O) groups is 1. The highest BCUT2D eigenvalue weighted by molar-refractivity contribution is 8.04. The maximum Gasteiger partial charge on any atom is 0.296 e. The van der Waals surface area contributed by atoms with Gasteiger partial charge in [-0.25, -0.2) is 4.98 Å². The zero-order chi connectivity index (χ0) is 29.6. The fraction of sp³-hybridized carbons (Fsp3) is 0.0541. The Morgan fingerprint density at radius 3 is 1.63 bits per heavy atom. The third-order valence-corrected chi connectivity index (χ3v) is 12.8. The SMILES string of the molecule is Cc1ccc(-c2nc(SCC(=O)c3ccccc3)c([P+](c3ccccc3)(c3ccccc3)c3ccccc3)c(=O)[nH]2)cc1. The van der Waals surface area contributed by atoms with Gasteiger partial charge in [0.2, 0.25) is 5.30 Å². The molecule has 0 aliphatic heterocycles. The lowest BCUT2D eigenvalue weighted by Crippen LogP contribution is -2.46. The molecule has 5 aromatic carbocycles. The van der Waals surface area contributed by atoms with Gasteiger partial charge in [-0.3, -0.25) is 9.59 Å². The van der Waals surface area contributed by atoms with Crippen molar-refractivity contribution in [2.24, 2.45) is 0 Å². The van der Waals surface area contributed by atoms with Gasteiger partial charge >= 0.3 is 0 Å². The van der Waals surface area contributed by atoms with Gasteiger partial charge in [-0.1, -0.05) is 127 Å². The zero-order valence-corrected chi connectivity index (χ0v) is 25.4. The van der Waals surface area contributed by atoms with E-state index in [9.17, 15) is 9.59 Å². The predicted molar refractivity (Wildman–Crippen MR) is 181 cm³/mol. The van der Waals surface area contributed by atoms with E-state index in [1.807, 2.05) is 116 Å². The van der Waals surface area contributed by atoms with Gasteiger partial charge in [-0.2, -0.15) is 0 Å². The number of nitrogens with one attached hydrogen (secondary N) is 1. The lowest BCUT2D eigenvalue weighted by atomic mass is 10.1. The van der Waals surface area contributed by atoms with Crippen molar-refractivity contribution in [1.29, 1.82) is 0 Å². The number of aromatic nitrogens is 2. The van der Waals surface area contributed by atoms with Crippen LogP contribution < -0.4 is 26.8 Å². The van der Waals surface area contributed by atoms with E-state index < -0.39 is 7.26 Å². The van der Waals surface area contributed by atoms with Crippen LogP contribution in [0.1, 0.15) is 15.9 Å². The number of H-pyrrole nitrogens is 1. The fourth-order valence-electron chi connectivity index (χ4n) is 5.32. The quantitative estimate of drug-likeness (QED) is 0.0915. The second-order valence-electron chi connectivity index (χ2n) is 10.2. The molecule has 43 heavy (non-hydrogen) atoms. The Morgan fingerprint density at radius 2 is 1.14 bits per heavy atom. The van der Waals surface area contributed by atoms with Crippen molar-refractivity contribution < 1.29 is 4.79 Å². The Kier molecular flexibility index (Phi) is 8.46. The van der Waals surface area contributed by atoms with Gasteiger partial charge in [0.25, 0.3) is 5.56 Å². The zero-order valence-electron chi connectivity index (χ0n) is 23.7. The molecule has 6 rings (SSSR count). The molecule has 0 aliphatic rings. The van der Waals surface area contributed by atoms with Gasteiger partial charge in [-0.15, -0.1) is 0 Å². The average molecular weight is 598 g/mol. The molecule has 6 aromatic rings. The maximum atomic E-state index is 14.6. The lowest BCUT2D eigenvalue weighted by molar-refractivity contribution is 0.102. The first-order valence-electron chi connectivity index (χ1n) is 14.1. The van der Waals surface area contributed by atoms with Crippen molar-refractivity contribution in [3.05, 3.63) is 167 Å². The summed E-state index contributed by atoms with van der Waals surface area (Å²) in [6.07, 6.45) is 0. The van der Waals surface area contributed by atoms with E-state index in [-0.39, 0.29) is 17.1 Å². The summed E-state index contributed by atoms with van der Waals surface area (Å²) < 4.78 is 0. The highest BCUT2D eigenvalue weighted by Crippen LogP contribution is 2.54. The highest BCUT2D eigenvalue weighted by atomic mass is 32.2. The number of aryl methyl sites for hydroxylation is 1. The molecule has 0 atom stereocenters. The smallest absolute Gasteiger partial charge is 0.296 e. The second-order valence-corrected chi connectivity index (χ2v) is 14.5. The summed E-state index contributed by atoms with van der Waals surface area (Å²) in [4.78, 5) is 36.2. The van der Waals surface area contributed by atoms with Gasteiger partial charge in [0.05, 0.1) is 5.75 Å². The van der Waals surface area contributed by atoms with Crippen LogP contribution >= 0.6 is 19.0 Å². The van der Waals surface area contributed by atoms with E-state index in [0.29, 0.717) is 21.7 Å². The first-order chi connectivity index (χ1) is 21.1. The number of hydrogen-bond donors (Lipinski definition) is 1. The summed E-state index contributed by atoms with van der Waals surface area (Å²) in [5.41, 5.74) is 2.36. The molecule has 0 amide bonds. The van der Waals surface area contributed by atoms with Gasteiger partial charge in [0.1, 0.15) is 26.8 Å². The molecule has 1 heterocycles. The van der Waals surface area contributed by atoms with Crippen LogP contribution in [-0.2, 0) is 0 Å². The summed E-state index contributed by atoms with van der Waals surface area (Å²) in [5.74, 6) is 0.619. The number of nitrogens with zero attached hydrogens (tertiary/aromatic N) is 1. The first-order valence-corrected chi connectivity index (χ1v) is 16.8. The third kappa shape index (κ3) is 5.75. The van der Waals surface area contributed by atoms with Crippen LogP contribution in [0.5, 0.6) is 0 Å². The van der Waals surface area contributed by atoms with E-state index in [0.717, 1.165) is 27.0 Å². The molecule has 0 aliphatic carbocycles. The van der Waals surface area contributed by atoms with E-state index >= 15 is 0 Å². The third-order valence-electron chi connectivity index (χ3n) is 7.39. The van der Waals surface area contributed by atoms with Crippen molar-refractivity contribution in [1.82, 2.24) is 9.97 Å². The molecule has 0 saturated heterocycles. The molecule has 210 valence electrons. The number of thioether (sulfide) groups is 1. The topological polar surface area (TPSA) is 62.8 Å². The summed E-state index contributed by atoms with van der Waals surface area (Å²) in [6, 6.07) is 47.9. The number of hydrogen-bond acceptors (Lipinski definition) is 4. The fourth-order valence-corrected chi connectivity index (χ4v) is 11.0. The normalized spacial score (nSPS) is 11.3. The molecule has 0 unspecified atom stereocenters. The lowest BCUT2D eigenvalue weighted by Gasteiger charge is -2.28. The summed E-state index contributed by atoms with van der Waals surface area (Å²) in [7, 11) is -2.77. The minimum atomic E-state index is -2.77. The molecule has 0 spiro atoms. The Morgan fingerprint density at radius 1 is 0.674 bits per heavy atom. The first kappa shape index (κ1) is 28.5. The van der Waals surface area contributed by atoms with Crippen LogP contribution in [-0.4, -0.2) is 21.5 Å².